The van der Waals surface area contributed by atoms with Gasteiger partial charge in [0.1, 0.15) is 5.75 Å². The van der Waals surface area contributed by atoms with Gasteiger partial charge in [-0.3, -0.25) is 9.59 Å². The summed E-state index contributed by atoms with van der Waals surface area (Å²) in [6.07, 6.45) is 1.67. The number of H-pyrrole nitrogens is 1. The molecule has 0 aliphatic carbocycles. The first-order valence-corrected chi connectivity index (χ1v) is 8.36. The van der Waals surface area contributed by atoms with Gasteiger partial charge in [-0.25, -0.2) is 4.98 Å². The summed E-state index contributed by atoms with van der Waals surface area (Å²) in [5, 5.41) is 0.138. The van der Waals surface area contributed by atoms with E-state index in [1.165, 1.54) is 17.8 Å². The maximum Gasteiger partial charge on any atom is 0.251 e. The number of benzene rings is 1. The molecule has 1 aromatic carbocycles. The molecule has 0 fully saturated rings. The van der Waals surface area contributed by atoms with Crippen molar-refractivity contribution in [3.63, 3.8) is 0 Å². The van der Waals surface area contributed by atoms with Gasteiger partial charge in [0.25, 0.3) is 5.56 Å². The van der Waals surface area contributed by atoms with Gasteiger partial charge in [-0.2, -0.15) is 0 Å². The smallest absolute Gasteiger partial charge is 0.251 e. The van der Waals surface area contributed by atoms with E-state index in [-0.39, 0.29) is 16.6 Å². The third-order valence-corrected chi connectivity index (χ3v) is 4.30. The van der Waals surface area contributed by atoms with E-state index >= 15 is 0 Å². The van der Waals surface area contributed by atoms with E-state index in [9.17, 15) is 9.59 Å². The number of Topliss-reactive ketones (excluding diaryl/α,β-unsaturated/α-hetero) is 1. The first kappa shape index (κ1) is 17.3. The van der Waals surface area contributed by atoms with Gasteiger partial charge in [0.2, 0.25) is 0 Å². The predicted octanol–water partition coefficient (Wildman–Crippen LogP) is 3.09. The lowest BCUT2D eigenvalue weighted by Gasteiger charge is -2.10. The van der Waals surface area contributed by atoms with Crippen molar-refractivity contribution >= 4 is 17.5 Å². The van der Waals surface area contributed by atoms with Crippen molar-refractivity contribution < 1.29 is 9.53 Å². The van der Waals surface area contributed by atoms with Crippen LogP contribution in [0, 0.1) is 0 Å². The van der Waals surface area contributed by atoms with Crippen LogP contribution in [0.3, 0.4) is 0 Å². The Hall–Kier alpha value is -2.08. The van der Waals surface area contributed by atoms with E-state index in [0.29, 0.717) is 16.5 Å². The van der Waals surface area contributed by atoms with Crippen LogP contribution in [-0.4, -0.2) is 28.1 Å². The molecule has 2 aromatic rings. The Labute approximate surface area is 139 Å². The molecular formula is C17H20N2O3S. The molecule has 1 atom stereocenters. The number of nitrogens with zero attached hydrogens (tertiary/aromatic N) is 1. The van der Waals surface area contributed by atoms with E-state index in [2.05, 4.69) is 9.97 Å². The van der Waals surface area contributed by atoms with Crippen molar-refractivity contribution in [2.45, 2.75) is 37.1 Å². The lowest BCUT2D eigenvalue weighted by Crippen LogP contribution is -2.16. The summed E-state index contributed by atoms with van der Waals surface area (Å²) in [7, 11) is 1.58. The van der Waals surface area contributed by atoms with Gasteiger partial charge in [0.05, 0.1) is 12.4 Å². The molecule has 23 heavy (non-hydrogen) atoms. The monoisotopic (exact) mass is 332 g/mol. The number of ether oxygens (including phenoxy) is 1. The fourth-order valence-electron chi connectivity index (χ4n) is 2.13. The molecule has 0 bridgehead atoms. The van der Waals surface area contributed by atoms with Crippen molar-refractivity contribution in [3.05, 3.63) is 51.9 Å². The van der Waals surface area contributed by atoms with E-state index in [1.807, 2.05) is 13.8 Å². The molecule has 0 saturated carbocycles. The summed E-state index contributed by atoms with van der Waals surface area (Å²) >= 11 is 1.26. The second-order valence-electron chi connectivity index (χ2n) is 5.14. The zero-order valence-electron chi connectivity index (χ0n) is 13.5. The molecule has 6 heteroatoms. The highest BCUT2D eigenvalue weighted by atomic mass is 32.2. The Morgan fingerprint density at radius 3 is 2.65 bits per heavy atom. The largest absolute Gasteiger partial charge is 0.497 e. The Morgan fingerprint density at radius 2 is 2.04 bits per heavy atom. The molecule has 0 radical (unpaired) electrons. The molecular weight excluding hydrogens is 312 g/mol. The Kier molecular flexibility index (Phi) is 5.98. The number of thioether (sulfide) groups is 1. The zero-order valence-corrected chi connectivity index (χ0v) is 14.3. The molecule has 1 aromatic heterocycles. The number of rotatable bonds is 7. The lowest BCUT2D eigenvalue weighted by molar-refractivity contribution is 0.0994. The van der Waals surface area contributed by atoms with Crippen LogP contribution in [0.15, 0.2) is 40.3 Å². The average Bonchev–Trinajstić information content (AvgIpc) is 2.54. The van der Waals surface area contributed by atoms with E-state index in [0.717, 1.165) is 18.5 Å². The highest BCUT2D eigenvalue weighted by molar-refractivity contribution is 8.00. The molecule has 0 aliphatic rings. The van der Waals surface area contributed by atoms with Gasteiger partial charge in [-0.05, 0) is 37.6 Å². The highest BCUT2D eigenvalue weighted by Gasteiger charge is 2.18. The van der Waals surface area contributed by atoms with E-state index < -0.39 is 0 Å². The third-order valence-electron chi connectivity index (χ3n) is 3.31. The molecule has 5 nitrogen and oxygen atoms in total. The number of aryl methyl sites for hydroxylation is 1. The molecule has 0 aliphatic heterocycles. The number of hydrogen-bond acceptors (Lipinski definition) is 5. The molecule has 2 rings (SSSR count). The first-order chi connectivity index (χ1) is 11.0. The fraction of sp³-hybridized carbons (Fsp3) is 0.353. The van der Waals surface area contributed by atoms with Crippen molar-refractivity contribution in [2.24, 2.45) is 0 Å². The Morgan fingerprint density at radius 1 is 1.35 bits per heavy atom. The van der Waals surface area contributed by atoms with Gasteiger partial charge in [-0.15, -0.1) is 0 Å². The maximum absolute atomic E-state index is 12.5. The van der Waals surface area contributed by atoms with Crippen LogP contribution >= 0.6 is 11.8 Å². The van der Waals surface area contributed by atoms with Crippen molar-refractivity contribution in [2.75, 3.05) is 7.11 Å². The summed E-state index contributed by atoms with van der Waals surface area (Å²) in [4.78, 5) is 31.2. The minimum absolute atomic E-state index is 0.0128. The standard InChI is InChI=1S/C17H20N2O3S/c1-4-5-13-10-15(20)19-17(18-13)23-11(2)16(21)12-6-8-14(22-3)9-7-12/h6-11H,4-5H2,1-3H3,(H,18,19,20). The van der Waals surface area contributed by atoms with Gasteiger partial charge in [0.15, 0.2) is 10.9 Å². The average molecular weight is 332 g/mol. The van der Waals surface area contributed by atoms with E-state index in [4.69, 9.17) is 4.74 Å². The summed E-state index contributed by atoms with van der Waals surface area (Å²) in [6.45, 7) is 3.84. The zero-order chi connectivity index (χ0) is 16.8. The molecule has 122 valence electrons. The molecule has 1 heterocycles. The summed E-state index contributed by atoms with van der Waals surface area (Å²) < 4.78 is 5.09. The number of nitrogens with one attached hydrogen (secondary N) is 1. The molecule has 1 unspecified atom stereocenters. The van der Waals surface area contributed by atoms with E-state index in [1.54, 1.807) is 31.4 Å². The quantitative estimate of drug-likeness (QED) is 0.479. The van der Waals surface area contributed by atoms with Crippen LogP contribution < -0.4 is 10.3 Å². The predicted molar refractivity (Wildman–Crippen MR) is 91.5 cm³/mol. The van der Waals surface area contributed by atoms with Crippen molar-refractivity contribution in [3.8, 4) is 5.75 Å². The molecule has 0 amide bonds. The lowest BCUT2D eigenvalue weighted by atomic mass is 10.1. The van der Waals surface area contributed by atoms with Crippen LogP contribution in [0.2, 0.25) is 0 Å². The maximum atomic E-state index is 12.5. The Balaban J connectivity index is 2.12. The summed E-state index contributed by atoms with van der Waals surface area (Å²) in [5.41, 5.74) is 1.18. The minimum atomic E-state index is -0.344. The fourth-order valence-corrected chi connectivity index (χ4v) is 3.04. The van der Waals surface area contributed by atoms with Crippen LogP contribution in [0.5, 0.6) is 5.75 Å². The van der Waals surface area contributed by atoms with Crippen LogP contribution in [0.1, 0.15) is 36.3 Å². The summed E-state index contributed by atoms with van der Waals surface area (Å²) in [6, 6.07) is 8.49. The van der Waals surface area contributed by atoms with Crippen molar-refractivity contribution in [1.29, 1.82) is 0 Å². The Bertz CT molecular complexity index is 725. The summed E-state index contributed by atoms with van der Waals surface area (Å²) in [5.74, 6) is 0.696. The number of ketones is 1. The van der Waals surface area contributed by atoms with Crippen LogP contribution in [0.25, 0.3) is 0 Å². The number of carbonyl (C=O) groups is 1. The topological polar surface area (TPSA) is 72.0 Å². The molecule has 1 N–H and O–H groups in total. The number of methoxy groups -OCH3 is 1. The second-order valence-corrected chi connectivity index (χ2v) is 6.47. The SMILES string of the molecule is CCCc1cc(=O)[nH]c(SC(C)C(=O)c2ccc(OC)cc2)n1. The number of hydrogen-bond donors (Lipinski definition) is 1. The number of carbonyl (C=O) groups excluding carboxylic acids is 1. The van der Waals surface area contributed by atoms with Gasteiger partial charge in [0, 0.05) is 17.3 Å². The second kappa shape index (κ2) is 7.97. The first-order valence-electron chi connectivity index (χ1n) is 7.48. The van der Waals surface area contributed by atoms with Gasteiger partial charge in [-0.1, -0.05) is 25.1 Å². The third kappa shape index (κ3) is 4.69. The normalized spacial score (nSPS) is 12.0. The minimum Gasteiger partial charge on any atom is -0.497 e. The molecule has 0 spiro atoms. The van der Waals surface area contributed by atoms with Crippen LogP contribution in [-0.2, 0) is 6.42 Å². The van der Waals surface area contributed by atoms with Crippen molar-refractivity contribution in [1.82, 2.24) is 9.97 Å². The molecule has 0 saturated heterocycles. The highest BCUT2D eigenvalue weighted by Crippen LogP contribution is 2.23. The van der Waals surface area contributed by atoms with Crippen LogP contribution in [0.4, 0.5) is 0 Å². The number of aromatic amines is 1. The number of aromatic nitrogens is 2. The van der Waals surface area contributed by atoms with Gasteiger partial charge < -0.3 is 9.72 Å². The van der Waals surface area contributed by atoms with Gasteiger partial charge >= 0.3 is 0 Å².